The monoisotopic (exact) mass is 448 g/mol. The number of aliphatic hydroxyl groups excluding tert-OH is 1. The van der Waals surface area contributed by atoms with Crippen molar-refractivity contribution >= 4 is 12.0 Å². The molecule has 2 unspecified atom stereocenters. The van der Waals surface area contributed by atoms with Crippen LogP contribution in [0.15, 0.2) is 30.3 Å². The van der Waals surface area contributed by atoms with Crippen molar-refractivity contribution in [1.29, 1.82) is 0 Å². The quantitative estimate of drug-likeness (QED) is 0.450. The normalized spacial score (nSPS) is 20.2. The summed E-state index contributed by atoms with van der Waals surface area (Å²) < 4.78 is 11.1. The maximum atomic E-state index is 13.3. The van der Waals surface area contributed by atoms with Crippen LogP contribution in [0.3, 0.4) is 0 Å². The van der Waals surface area contributed by atoms with Crippen LogP contribution in [0.4, 0.5) is 4.79 Å². The van der Waals surface area contributed by atoms with Gasteiger partial charge in [0, 0.05) is 18.1 Å². The molecule has 1 aromatic rings. The molecule has 0 radical (unpaired) electrons. The smallest absolute Gasteiger partial charge is 0.407 e. The second-order valence-corrected chi connectivity index (χ2v) is 9.40. The fourth-order valence-corrected chi connectivity index (χ4v) is 4.03. The lowest BCUT2D eigenvalue weighted by molar-refractivity contribution is -0.127. The maximum Gasteiger partial charge on any atom is 0.407 e. The second-order valence-electron chi connectivity index (χ2n) is 9.40. The third-order valence-corrected chi connectivity index (χ3v) is 6.19. The lowest BCUT2D eigenvalue weighted by atomic mass is 9.89. The first-order valence-corrected chi connectivity index (χ1v) is 11.8. The molecule has 0 spiro atoms. The third kappa shape index (κ3) is 7.78. The Labute approximate surface area is 192 Å². The van der Waals surface area contributed by atoms with E-state index in [-0.39, 0.29) is 36.1 Å². The highest BCUT2D eigenvalue weighted by Gasteiger charge is 2.39. The lowest BCUT2D eigenvalue weighted by Crippen LogP contribution is -2.49. The molecular formula is C25H40N2O5. The highest BCUT2D eigenvalue weighted by atomic mass is 16.6. The molecule has 1 aromatic carbocycles. The van der Waals surface area contributed by atoms with Gasteiger partial charge in [-0.15, -0.1) is 0 Å². The predicted octanol–water partition coefficient (Wildman–Crippen LogP) is 3.96. The summed E-state index contributed by atoms with van der Waals surface area (Å²) in [5.41, 5.74) is 0.775. The van der Waals surface area contributed by atoms with Gasteiger partial charge in [-0.05, 0) is 31.7 Å². The van der Waals surface area contributed by atoms with E-state index in [9.17, 15) is 14.7 Å². The van der Waals surface area contributed by atoms with E-state index in [2.05, 4.69) is 17.6 Å². The van der Waals surface area contributed by atoms with E-state index in [0.29, 0.717) is 32.5 Å². The molecular weight excluding hydrogens is 408 g/mol. The largest absolute Gasteiger partial charge is 0.443 e. The molecule has 3 N–H and O–H groups in total. The fourth-order valence-electron chi connectivity index (χ4n) is 4.03. The average molecular weight is 449 g/mol. The van der Waals surface area contributed by atoms with Crippen LogP contribution in [0.1, 0.15) is 71.4 Å². The number of carbonyl (C=O) groups is 2. The number of alkyl carbamates (subject to hydrolysis) is 1. The summed E-state index contributed by atoms with van der Waals surface area (Å²) in [4.78, 5) is 26.0. The first-order chi connectivity index (χ1) is 15.3. The van der Waals surface area contributed by atoms with Crippen molar-refractivity contribution < 1.29 is 24.2 Å². The van der Waals surface area contributed by atoms with Gasteiger partial charge in [0.05, 0.1) is 25.2 Å². The zero-order valence-corrected chi connectivity index (χ0v) is 19.9. The molecule has 1 fully saturated rings. The molecule has 1 heterocycles. The van der Waals surface area contributed by atoms with Crippen LogP contribution in [0.25, 0.3) is 0 Å². The highest BCUT2D eigenvalue weighted by Crippen LogP contribution is 2.30. The van der Waals surface area contributed by atoms with Crippen molar-refractivity contribution in [2.75, 3.05) is 19.8 Å². The van der Waals surface area contributed by atoms with E-state index in [1.165, 1.54) is 0 Å². The van der Waals surface area contributed by atoms with Crippen LogP contribution in [-0.2, 0) is 14.3 Å². The Morgan fingerprint density at radius 1 is 1.19 bits per heavy atom. The van der Waals surface area contributed by atoms with Crippen LogP contribution in [0.2, 0.25) is 0 Å². The molecule has 32 heavy (non-hydrogen) atoms. The van der Waals surface area contributed by atoms with Gasteiger partial charge in [0.2, 0.25) is 5.91 Å². The SMILES string of the molecule is CCCCC(NC(=O)O[C@@H]1COCC1(C)C)C(CCCO)C(=O)N[C@H](C)c1ccccc1. The number of hydrogen-bond donors (Lipinski definition) is 3. The van der Waals surface area contributed by atoms with E-state index in [1.807, 2.05) is 51.1 Å². The molecule has 1 saturated heterocycles. The number of hydrogen-bond acceptors (Lipinski definition) is 5. The lowest BCUT2D eigenvalue weighted by Gasteiger charge is -2.30. The molecule has 4 atom stereocenters. The van der Waals surface area contributed by atoms with Crippen molar-refractivity contribution in [1.82, 2.24) is 10.6 Å². The first-order valence-electron chi connectivity index (χ1n) is 11.8. The topological polar surface area (TPSA) is 96.9 Å². The number of aliphatic hydroxyl groups is 1. The zero-order chi connectivity index (χ0) is 23.6. The van der Waals surface area contributed by atoms with Crippen molar-refractivity contribution in [3.8, 4) is 0 Å². The van der Waals surface area contributed by atoms with E-state index < -0.39 is 12.0 Å². The van der Waals surface area contributed by atoms with E-state index >= 15 is 0 Å². The Morgan fingerprint density at radius 2 is 1.91 bits per heavy atom. The minimum atomic E-state index is -0.521. The number of rotatable bonds is 12. The zero-order valence-electron chi connectivity index (χ0n) is 19.9. The summed E-state index contributed by atoms with van der Waals surface area (Å²) in [6.45, 7) is 8.96. The van der Waals surface area contributed by atoms with Crippen LogP contribution >= 0.6 is 0 Å². The standard InChI is InChI=1S/C25H40N2O5/c1-5-6-14-21(27-24(30)32-22-16-31-17-25(22,3)4)20(13-10-15-28)23(29)26-18(2)19-11-8-7-9-12-19/h7-9,11-12,18,20-22,28H,5-6,10,13-17H2,1-4H3,(H,26,29)(H,27,30)/t18-,20?,21?,22-/m1/s1. The highest BCUT2D eigenvalue weighted by molar-refractivity contribution is 5.80. The maximum absolute atomic E-state index is 13.3. The average Bonchev–Trinajstić information content (AvgIpc) is 3.10. The van der Waals surface area contributed by atoms with E-state index in [4.69, 9.17) is 9.47 Å². The minimum absolute atomic E-state index is 0.00341. The molecule has 7 heteroatoms. The van der Waals surface area contributed by atoms with Gasteiger partial charge in [-0.25, -0.2) is 4.79 Å². The van der Waals surface area contributed by atoms with Crippen molar-refractivity contribution in [3.63, 3.8) is 0 Å². The molecule has 180 valence electrons. The van der Waals surface area contributed by atoms with Crippen molar-refractivity contribution in [2.45, 2.75) is 78.0 Å². The van der Waals surface area contributed by atoms with Gasteiger partial charge in [0.1, 0.15) is 6.10 Å². The number of benzene rings is 1. The molecule has 0 aromatic heterocycles. The van der Waals surface area contributed by atoms with Crippen molar-refractivity contribution in [3.05, 3.63) is 35.9 Å². The number of ether oxygens (including phenoxy) is 2. The van der Waals surface area contributed by atoms with Gasteiger partial charge in [0.25, 0.3) is 0 Å². The van der Waals surface area contributed by atoms with Crippen LogP contribution in [-0.4, -0.2) is 49.1 Å². The Kier molecular flexibility index (Phi) is 10.5. The molecule has 0 saturated carbocycles. The molecule has 0 aliphatic carbocycles. The molecule has 2 amide bonds. The number of carbonyl (C=O) groups excluding carboxylic acids is 2. The minimum Gasteiger partial charge on any atom is -0.443 e. The van der Waals surface area contributed by atoms with Crippen LogP contribution in [0, 0.1) is 11.3 Å². The van der Waals surface area contributed by atoms with Gasteiger partial charge in [-0.1, -0.05) is 63.9 Å². The molecule has 7 nitrogen and oxygen atoms in total. The van der Waals surface area contributed by atoms with Crippen LogP contribution in [0.5, 0.6) is 0 Å². The van der Waals surface area contributed by atoms with Gasteiger partial charge in [-0.3, -0.25) is 4.79 Å². The van der Waals surface area contributed by atoms with Crippen molar-refractivity contribution in [2.24, 2.45) is 11.3 Å². The molecule has 1 aliphatic heterocycles. The number of amides is 2. The second kappa shape index (κ2) is 12.8. The Morgan fingerprint density at radius 3 is 2.50 bits per heavy atom. The number of nitrogens with one attached hydrogen (secondary N) is 2. The Balaban J connectivity index is 2.10. The van der Waals surface area contributed by atoms with E-state index in [0.717, 1.165) is 18.4 Å². The van der Waals surface area contributed by atoms with Gasteiger partial charge in [-0.2, -0.15) is 0 Å². The first kappa shape index (κ1) is 26.1. The molecule has 2 rings (SSSR count). The summed E-state index contributed by atoms with van der Waals surface area (Å²) in [6.07, 6.45) is 2.62. The molecule has 1 aliphatic rings. The summed E-state index contributed by atoms with van der Waals surface area (Å²) in [7, 11) is 0. The molecule has 0 bridgehead atoms. The summed E-state index contributed by atoms with van der Waals surface area (Å²) in [6, 6.07) is 9.24. The van der Waals surface area contributed by atoms with Gasteiger partial charge >= 0.3 is 6.09 Å². The van der Waals surface area contributed by atoms with Gasteiger partial charge in [0.15, 0.2) is 0 Å². The van der Waals surface area contributed by atoms with E-state index in [1.54, 1.807) is 0 Å². The third-order valence-electron chi connectivity index (χ3n) is 6.19. The predicted molar refractivity (Wildman–Crippen MR) is 124 cm³/mol. The van der Waals surface area contributed by atoms with Crippen LogP contribution < -0.4 is 10.6 Å². The van der Waals surface area contributed by atoms with Gasteiger partial charge < -0.3 is 25.2 Å². The number of unbranched alkanes of at least 4 members (excludes halogenated alkanes) is 1. The Hall–Kier alpha value is -2.12. The summed E-state index contributed by atoms with van der Waals surface area (Å²) in [5, 5.41) is 15.4. The fraction of sp³-hybridized carbons (Fsp3) is 0.680. The Bertz CT molecular complexity index is 710. The summed E-state index contributed by atoms with van der Waals surface area (Å²) in [5.74, 6) is -0.582. The summed E-state index contributed by atoms with van der Waals surface area (Å²) >= 11 is 0.